The van der Waals surface area contributed by atoms with Gasteiger partial charge in [-0.2, -0.15) is 5.10 Å². The number of methoxy groups -OCH3 is 1. The highest BCUT2D eigenvalue weighted by molar-refractivity contribution is 6.11. The first-order chi connectivity index (χ1) is 14.3. The molecule has 1 amide bonds. The van der Waals surface area contributed by atoms with Gasteiger partial charge in [-0.15, -0.1) is 0 Å². The highest BCUT2D eigenvalue weighted by Crippen LogP contribution is 2.44. The van der Waals surface area contributed by atoms with Crippen molar-refractivity contribution in [2.24, 2.45) is 0 Å². The summed E-state index contributed by atoms with van der Waals surface area (Å²) >= 11 is 0. The quantitative estimate of drug-likeness (QED) is 0.551. The fourth-order valence-electron chi connectivity index (χ4n) is 3.92. The Labute approximate surface area is 168 Å². The maximum atomic E-state index is 13.4. The minimum Gasteiger partial charge on any atom is -0.497 e. The average Bonchev–Trinajstić information content (AvgIpc) is 3.34. The van der Waals surface area contributed by atoms with Crippen molar-refractivity contribution in [3.63, 3.8) is 0 Å². The summed E-state index contributed by atoms with van der Waals surface area (Å²) < 4.78 is 5.27. The maximum Gasteiger partial charge on any atom is 0.277 e. The van der Waals surface area contributed by atoms with Crippen LogP contribution >= 0.6 is 0 Å². The van der Waals surface area contributed by atoms with E-state index in [0.29, 0.717) is 5.69 Å². The summed E-state index contributed by atoms with van der Waals surface area (Å²) in [5, 5.41) is 7.49. The number of anilines is 1. The zero-order chi connectivity index (χ0) is 19.8. The summed E-state index contributed by atoms with van der Waals surface area (Å²) in [5.41, 5.74) is 5.05. The number of hydrogen-bond donors (Lipinski definition) is 1. The number of H-pyrrole nitrogens is 1. The summed E-state index contributed by atoms with van der Waals surface area (Å²) in [6.07, 6.45) is 0. The second kappa shape index (κ2) is 6.95. The second-order valence-electron chi connectivity index (χ2n) is 6.91. The lowest BCUT2D eigenvalue weighted by atomic mass is 9.96. The largest absolute Gasteiger partial charge is 0.497 e. The van der Waals surface area contributed by atoms with Crippen molar-refractivity contribution in [1.29, 1.82) is 0 Å². The number of carbonyl (C=O) groups is 1. The van der Waals surface area contributed by atoms with Crippen LogP contribution in [-0.4, -0.2) is 23.2 Å². The Morgan fingerprint density at radius 3 is 2.21 bits per heavy atom. The molecule has 1 aliphatic heterocycles. The van der Waals surface area contributed by atoms with Gasteiger partial charge < -0.3 is 4.74 Å². The van der Waals surface area contributed by atoms with Gasteiger partial charge in [-0.3, -0.25) is 14.8 Å². The lowest BCUT2D eigenvalue weighted by Crippen LogP contribution is -2.29. The third-order valence-electron chi connectivity index (χ3n) is 5.28. The standard InChI is InChI=1S/C24H19N3O2/c1-29-19-14-12-16(13-15-19)21-20-22(26-25-21)24(28)27(18-10-6-3-7-11-18)23(20)17-8-4-2-5-9-17/h2-15,23H,1H3,(H,25,26)/t23-/m0/s1. The number of aromatic nitrogens is 2. The van der Waals surface area contributed by atoms with Gasteiger partial charge in [0.1, 0.15) is 11.4 Å². The molecule has 0 unspecified atom stereocenters. The summed E-state index contributed by atoms with van der Waals surface area (Å²) in [6.45, 7) is 0. The lowest BCUT2D eigenvalue weighted by Gasteiger charge is -2.26. The van der Waals surface area contributed by atoms with Crippen LogP contribution in [0.2, 0.25) is 0 Å². The number of amides is 1. The molecule has 0 saturated carbocycles. The van der Waals surface area contributed by atoms with Gasteiger partial charge in [0.25, 0.3) is 5.91 Å². The molecule has 0 fully saturated rings. The maximum absolute atomic E-state index is 13.4. The Balaban J connectivity index is 1.70. The van der Waals surface area contributed by atoms with Crippen LogP contribution in [0.25, 0.3) is 11.3 Å². The van der Waals surface area contributed by atoms with Gasteiger partial charge in [-0.25, -0.2) is 0 Å². The number of nitrogens with one attached hydrogen (secondary N) is 1. The van der Waals surface area contributed by atoms with E-state index in [0.717, 1.165) is 33.8 Å². The highest BCUT2D eigenvalue weighted by Gasteiger charge is 2.42. The van der Waals surface area contributed by atoms with Gasteiger partial charge >= 0.3 is 0 Å². The van der Waals surface area contributed by atoms with Gasteiger partial charge in [0, 0.05) is 16.8 Å². The van der Waals surface area contributed by atoms with E-state index in [-0.39, 0.29) is 11.9 Å². The predicted molar refractivity (Wildman–Crippen MR) is 112 cm³/mol. The number of benzene rings is 3. The molecular weight excluding hydrogens is 362 g/mol. The zero-order valence-electron chi connectivity index (χ0n) is 15.9. The fourth-order valence-corrected chi connectivity index (χ4v) is 3.92. The van der Waals surface area contributed by atoms with Crippen molar-refractivity contribution in [2.75, 3.05) is 12.0 Å². The van der Waals surface area contributed by atoms with Gasteiger partial charge in [-0.05, 0) is 42.0 Å². The molecule has 0 spiro atoms. The number of fused-ring (bicyclic) bond motifs is 1. The second-order valence-corrected chi connectivity index (χ2v) is 6.91. The van der Waals surface area contributed by atoms with E-state index < -0.39 is 0 Å². The number of nitrogens with zero attached hydrogens (tertiary/aromatic N) is 2. The van der Waals surface area contributed by atoms with Crippen LogP contribution in [0.15, 0.2) is 84.9 Å². The smallest absolute Gasteiger partial charge is 0.277 e. The van der Waals surface area contributed by atoms with Crippen molar-refractivity contribution in [2.45, 2.75) is 6.04 Å². The van der Waals surface area contributed by atoms with E-state index in [4.69, 9.17) is 4.74 Å². The molecule has 4 aromatic rings. The minimum atomic E-state index is -0.253. The van der Waals surface area contributed by atoms with Crippen LogP contribution in [0, 0.1) is 0 Å². The van der Waals surface area contributed by atoms with Crippen molar-refractivity contribution in [3.8, 4) is 17.0 Å². The summed E-state index contributed by atoms with van der Waals surface area (Å²) in [6, 6.07) is 27.3. The van der Waals surface area contributed by atoms with E-state index in [9.17, 15) is 4.79 Å². The van der Waals surface area contributed by atoms with Crippen LogP contribution in [0.1, 0.15) is 27.7 Å². The topological polar surface area (TPSA) is 58.2 Å². The molecule has 1 N–H and O–H groups in total. The molecule has 29 heavy (non-hydrogen) atoms. The van der Waals surface area contributed by atoms with Crippen molar-refractivity contribution in [1.82, 2.24) is 10.2 Å². The highest BCUT2D eigenvalue weighted by atomic mass is 16.5. The molecule has 5 heteroatoms. The molecule has 1 atom stereocenters. The molecule has 142 valence electrons. The molecule has 1 aliphatic rings. The van der Waals surface area contributed by atoms with Gasteiger partial charge in [0.05, 0.1) is 18.8 Å². The van der Waals surface area contributed by atoms with Crippen LogP contribution in [0.4, 0.5) is 5.69 Å². The average molecular weight is 381 g/mol. The SMILES string of the molecule is COc1ccc(-c2n[nH]c3c2[C@H](c2ccccc2)N(c2ccccc2)C3=O)cc1. The van der Waals surface area contributed by atoms with Crippen LogP contribution in [0.5, 0.6) is 5.75 Å². The first-order valence-corrected chi connectivity index (χ1v) is 9.44. The molecular formula is C24H19N3O2. The number of aromatic amines is 1. The van der Waals surface area contributed by atoms with E-state index in [2.05, 4.69) is 10.2 Å². The Kier molecular flexibility index (Phi) is 4.13. The Bertz CT molecular complexity index is 1150. The molecule has 5 rings (SSSR count). The summed E-state index contributed by atoms with van der Waals surface area (Å²) in [7, 11) is 1.64. The minimum absolute atomic E-state index is 0.0766. The summed E-state index contributed by atoms with van der Waals surface area (Å²) in [5.74, 6) is 0.704. The van der Waals surface area contributed by atoms with Crippen molar-refractivity contribution in [3.05, 3.63) is 102 Å². The number of carbonyl (C=O) groups excluding carboxylic acids is 1. The molecule has 0 bridgehead atoms. The molecule has 5 nitrogen and oxygen atoms in total. The molecule has 0 saturated heterocycles. The van der Waals surface area contributed by atoms with Crippen LogP contribution < -0.4 is 9.64 Å². The Hall–Kier alpha value is -3.86. The van der Waals surface area contributed by atoms with E-state index >= 15 is 0 Å². The number of ether oxygens (including phenoxy) is 1. The molecule has 0 radical (unpaired) electrons. The molecule has 1 aromatic heterocycles. The third-order valence-corrected chi connectivity index (χ3v) is 5.28. The van der Waals surface area contributed by atoms with Gasteiger partial charge in [0.15, 0.2) is 0 Å². The van der Waals surface area contributed by atoms with Gasteiger partial charge in [-0.1, -0.05) is 48.5 Å². The predicted octanol–water partition coefficient (Wildman–Crippen LogP) is 4.84. The monoisotopic (exact) mass is 381 g/mol. The normalized spacial score (nSPS) is 15.4. The van der Waals surface area contributed by atoms with E-state index in [1.54, 1.807) is 7.11 Å². The van der Waals surface area contributed by atoms with Crippen molar-refractivity contribution < 1.29 is 9.53 Å². The molecule has 2 heterocycles. The lowest BCUT2D eigenvalue weighted by molar-refractivity contribution is 0.0989. The van der Waals surface area contributed by atoms with Crippen molar-refractivity contribution >= 4 is 11.6 Å². The van der Waals surface area contributed by atoms with Gasteiger partial charge in [0.2, 0.25) is 0 Å². The Morgan fingerprint density at radius 2 is 1.55 bits per heavy atom. The van der Waals surface area contributed by atoms with E-state index in [1.807, 2.05) is 89.8 Å². The molecule has 3 aromatic carbocycles. The zero-order valence-corrected chi connectivity index (χ0v) is 15.9. The first-order valence-electron chi connectivity index (χ1n) is 9.44. The first kappa shape index (κ1) is 17.3. The van der Waals surface area contributed by atoms with Crippen LogP contribution in [0.3, 0.4) is 0 Å². The van der Waals surface area contributed by atoms with Crippen LogP contribution in [-0.2, 0) is 0 Å². The third kappa shape index (κ3) is 2.79. The number of para-hydroxylation sites is 1. The molecule has 0 aliphatic carbocycles. The number of rotatable bonds is 4. The fraction of sp³-hybridized carbons (Fsp3) is 0.0833. The van der Waals surface area contributed by atoms with E-state index in [1.165, 1.54) is 0 Å². The number of hydrogen-bond acceptors (Lipinski definition) is 3. The summed E-state index contributed by atoms with van der Waals surface area (Å²) in [4.78, 5) is 15.2. The Morgan fingerprint density at radius 1 is 0.897 bits per heavy atom.